The molecule has 2 unspecified atom stereocenters. The van der Waals surface area contributed by atoms with Crippen LogP contribution in [0.15, 0.2) is 0 Å². The summed E-state index contributed by atoms with van der Waals surface area (Å²) >= 11 is 0. The minimum absolute atomic E-state index is 0.109. The van der Waals surface area contributed by atoms with Crippen molar-refractivity contribution in [3.05, 3.63) is 0 Å². The summed E-state index contributed by atoms with van der Waals surface area (Å²) in [7, 11) is 0. The molecule has 0 bridgehead atoms. The number of hydrogen-bond donors (Lipinski definition) is 2. The molecular weight excluding hydrogens is 242 g/mol. The molecule has 19 heavy (non-hydrogen) atoms. The van der Waals surface area contributed by atoms with Crippen molar-refractivity contribution in [3.63, 3.8) is 0 Å². The molecule has 0 aromatic heterocycles. The highest BCUT2D eigenvalue weighted by Crippen LogP contribution is 2.16. The van der Waals surface area contributed by atoms with Crippen molar-refractivity contribution in [3.8, 4) is 0 Å². The molecule has 2 aliphatic heterocycles. The van der Waals surface area contributed by atoms with Crippen LogP contribution in [-0.4, -0.2) is 48.9 Å². The van der Waals surface area contributed by atoms with Crippen LogP contribution in [-0.2, 0) is 9.59 Å². The summed E-state index contributed by atoms with van der Waals surface area (Å²) in [5, 5.41) is 6.25. The van der Waals surface area contributed by atoms with Crippen LogP contribution in [0.5, 0.6) is 0 Å². The highest BCUT2D eigenvalue weighted by Gasteiger charge is 2.24. The summed E-state index contributed by atoms with van der Waals surface area (Å²) in [6.07, 6.45) is 4.46. The Bertz CT molecular complexity index is 327. The molecule has 0 saturated carbocycles. The number of carbonyl (C=O) groups excluding carboxylic acids is 2. The van der Waals surface area contributed by atoms with Crippen molar-refractivity contribution < 1.29 is 9.59 Å². The molecule has 0 radical (unpaired) electrons. The molecule has 2 N–H and O–H groups in total. The maximum Gasteiger partial charge on any atom is 0.224 e. The van der Waals surface area contributed by atoms with Crippen LogP contribution in [0.4, 0.5) is 0 Å². The number of nitrogens with one attached hydrogen (secondary N) is 2. The molecule has 2 amide bonds. The molecule has 0 aromatic carbocycles. The summed E-state index contributed by atoms with van der Waals surface area (Å²) in [6.45, 7) is 5.27. The van der Waals surface area contributed by atoms with Gasteiger partial charge in [-0.25, -0.2) is 0 Å². The van der Waals surface area contributed by atoms with Crippen molar-refractivity contribution in [2.75, 3.05) is 26.2 Å². The fraction of sp³-hybridized carbons (Fsp3) is 0.857. The average molecular weight is 267 g/mol. The van der Waals surface area contributed by atoms with Crippen molar-refractivity contribution in [1.29, 1.82) is 0 Å². The minimum atomic E-state index is 0.109. The third-order valence-corrected chi connectivity index (χ3v) is 4.09. The lowest BCUT2D eigenvalue weighted by Crippen LogP contribution is -2.43. The molecule has 108 valence electrons. The molecule has 2 heterocycles. The van der Waals surface area contributed by atoms with Gasteiger partial charge in [0.25, 0.3) is 0 Å². The van der Waals surface area contributed by atoms with Gasteiger partial charge >= 0.3 is 0 Å². The predicted molar refractivity (Wildman–Crippen MR) is 73.6 cm³/mol. The Morgan fingerprint density at radius 2 is 2.05 bits per heavy atom. The maximum atomic E-state index is 12.0. The number of rotatable bonds is 4. The van der Waals surface area contributed by atoms with E-state index in [1.165, 1.54) is 0 Å². The van der Waals surface area contributed by atoms with Gasteiger partial charge in [0.2, 0.25) is 11.8 Å². The summed E-state index contributed by atoms with van der Waals surface area (Å²) in [5.74, 6) is 0.400. The maximum absolute atomic E-state index is 12.0. The van der Waals surface area contributed by atoms with E-state index in [0.717, 1.165) is 45.3 Å². The first-order chi connectivity index (χ1) is 9.16. The Hall–Kier alpha value is -1.10. The normalized spacial score (nSPS) is 27.3. The van der Waals surface area contributed by atoms with E-state index in [9.17, 15) is 9.59 Å². The van der Waals surface area contributed by atoms with Crippen molar-refractivity contribution >= 4 is 11.8 Å². The first-order valence-electron chi connectivity index (χ1n) is 7.45. The summed E-state index contributed by atoms with van der Waals surface area (Å²) in [4.78, 5) is 25.7. The van der Waals surface area contributed by atoms with Crippen LogP contribution in [0.2, 0.25) is 0 Å². The quantitative estimate of drug-likeness (QED) is 0.780. The van der Waals surface area contributed by atoms with E-state index < -0.39 is 0 Å². The molecule has 2 saturated heterocycles. The molecule has 0 spiro atoms. The molecule has 0 aromatic rings. The lowest BCUT2D eigenvalue weighted by atomic mass is 9.92. The van der Waals surface area contributed by atoms with Gasteiger partial charge in [-0.05, 0) is 39.2 Å². The summed E-state index contributed by atoms with van der Waals surface area (Å²) in [6, 6.07) is 0.413. The van der Waals surface area contributed by atoms with Crippen LogP contribution in [0.25, 0.3) is 0 Å². The largest absolute Gasteiger partial charge is 0.355 e. The summed E-state index contributed by atoms with van der Waals surface area (Å²) in [5.41, 5.74) is 0. The topological polar surface area (TPSA) is 61.4 Å². The zero-order chi connectivity index (χ0) is 13.7. The third kappa shape index (κ3) is 4.20. The van der Waals surface area contributed by atoms with E-state index in [4.69, 9.17) is 0 Å². The van der Waals surface area contributed by atoms with Crippen LogP contribution >= 0.6 is 0 Å². The van der Waals surface area contributed by atoms with Gasteiger partial charge in [0.1, 0.15) is 0 Å². The van der Waals surface area contributed by atoms with Crippen molar-refractivity contribution in [1.82, 2.24) is 15.5 Å². The molecule has 5 heteroatoms. The lowest BCUT2D eigenvalue weighted by Gasteiger charge is -2.27. The molecular formula is C14H25N3O2. The second-order valence-corrected chi connectivity index (χ2v) is 5.71. The van der Waals surface area contributed by atoms with E-state index in [1.54, 1.807) is 0 Å². The second kappa shape index (κ2) is 6.89. The van der Waals surface area contributed by atoms with Gasteiger partial charge < -0.3 is 15.5 Å². The minimum Gasteiger partial charge on any atom is -0.355 e. The van der Waals surface area contributed by atoms with Gasteiger partial charge in [-0.3, -0.25) is 9.59 Å². The molecule has 2 rings (SSSR count). The zero-order valence-corrected chi connectivity index (χ0v) is 11.8. The Morgan fingerprint density at radius 3 is 2.74 bits per heavy atom. The first-order valence-corrected chi connectivity index (χ1v) is 7.45. The third-order valence-electron chi connectivity index (χ3n) is 4.09. The van der Waals surface area contributed by atoms with Gasteiger partial charge in [0, 0.05) is 38.0 Å². The van der Waals surface area contributed by atoms with Gasteiger partial charge in [0.15, 0.2) is 0 Å². The highest BCUT2D eigenvalue weighted by molar-refractivity contribution is 5.80. The van der Waals surface area contributed by atoms with Crippen LogP contribution in [0, 0.1) is 5.92 Å². The van der Waals surface area contributed by atoms with Crippen LogP contribution < -0.4 is 10.6 Å². The Morgan fingerprint density at radius 1 is 1.32 bits per heavy atom. The lowest BCUT2D eigenvalue weighted by molar-refractivity contribution is -0.130. The molecule has 0 aliphatic carbocycles. The Balaban J connectivity index is 1.64. The summed E-state index contributed by atoms with van der Waals surface area (Å²) < 4.78 is 0. The van der Waals surface area contributed by atoms with E-state index in [0.29, 0.717) is 19.0 Å². The van der Waals surface area contributed by atoms with E-state index >= 15 is 0 Å². The fourth-order valence-corrected chi connectivity index (χ4v) is 2.93. The average Bonchev–Trinajstić information content (AvgIpc) is 2.92. The number of hydrogen-bond acceptors (Lipinski definition) is 3. The van der Waals surface area contributed by atoms with Gasteiger partial charge in [-0.2, -0.15) is 0 Å². The number of carbonyl (C=O) groups is 2. The van der Waals surface area contributed by atoms with E-state index in [1.807, 2.05) is 4.90 Å². The van der Waals surface area contributed by atoms with Gasteiger partial charge in [-0.15, -0.1) is 0 Å². The van der Waals surface area contributed by atoms with Gasteiger partial charge in [-0.1, -0.05) is 0 Å². The highest BCUT2D eigenvalue weighted by atomic mass is 16.2. The SMILES string of the molecule is CC1CC(C(=O)NCCC(=O)N2CCCC2)CCN1. The van der Waals surface area contributed by atoms with Crippen LogP contribution in [0.1, 0.15) is 39.0 Å². The monoisotopic (exact) mass is 267 g/mol. The Labute approximate surface area is 115 Å². The van der Waals surface area contributed by atoms with Crippen LogP contribution in [0.3, 0.4) is 0 Å². The molecule has 2 fully saturated rings. The number of piperidine rings is 1. The molecule has 5 nitrogen and oxygen atoms in total. The number of amides is 2. The first kappa shape index (κ1) is 14.3. The van der Waals surface area contributed by atoms with Crippen molar-refractivity contribution in [2.24, 2.45) is 5.92 Å². The standard InChI is InChI=1S/C14H25N3O2/c1-11-10-12(4-6-15-11)14(19)16-7-5-13(18)17-8-2-3-9-17/h11-12,15H,2-10H2,1H3,(H,16,19). The van der Waals surface area contributed by atoms with E-state index in [2.05, 4.69) is 17.6 Å². The van der Waals surface area contributed by atoms with Gasteiger partial charge in [0.05, 0.1) is 0 Å². The van der Waals surface area contributed by atoms with E-state index in [-0.39, 0.29) is 17.7 Å². The van der Waals surface area contributed by atoms with Crippen molar-refractivity contribution in [2.45, 2.75) is 45.1 Å². The Kier molecular flexibility index (Phi) is 5.19. The number of nitrogens with zero attached hydrogens (tertiary/aromatic N) is 1. The fourth-order valence-electron chi connectivity index (χ4n) is 2.93. The second-order valence-electron chi connectivity index (χ2n) is 5.71. The number of likely N-dealkylation sites (tertiary alicyclic amines) is 1. The predicted octanol–water partition coefficient (Wildman–Crippen LogP) is 0.503. The zero-order valence-electron chi connectivity index (χ0n) is 11.8. The molecule has 2 atom stereocenters. The smallest absolute Gasteiger partial charge is 0.224 e. The molecule has 2 aliphatic rings.